The Labute approximate surface area is 122 Å². The lowest BCUT2D eigenvalue weighted by Crippen LogP contribution is -2.39. The fourth-order valence-corrected chi connectivity index (χ4v) is 3.43. The third kappa shape index (κ3) is 6.19. The predicted molar refractivity (Wildman–Crippen MR) is 77.4 cm³/mol. The molecule has 1 saturated carbocycles. The van der Waals surface area contributed by atoms with Crippen LogP contribution in [0.25, 0.3) is 0 Å². The zero-order valence-electron chi connectivity index (χ0n) is 12.4. The van der Waals surface area contributed by atoms with Gasteiger partial charge in [0.1, 0.15) is 0 Å². The molecule has 20 heavy (non-hydrogen) atoms. The van der Waals surface area contributed by atoms with Crippen LogP contribution in [0, 0.1) is 5.92 Å². The molecule has 0 spiro atoms. The van der Waals surface area contributed by atoms with E-state index in [1.807, 2.05) is 0 Å². The molecule has 118 valence electrons. The van der Waals surface area contributed by atoms with Crippen molar-refractivity contribution < 1.29 is 17.9 Å². The Hall–Kier alpha value is -0.660. The van der Waals surface area contributed by atoms with Gasteiger partial charge in [-0.1, -0.05) is 25.7 Å². The molecule has 0 radical (unpaired) electrons. The first-order valence-electron chi connectivity index (χ1n) is 7.23. The van der Waals surface area contributed by atoms with Crippen molar-refractivity contribution in [1.29, 1.82) is 0 Å². The van der Waals surface area contributed by atoms with Crippen LogP contribution in [0.4, 0.5) is 0 Å². The van der Waals surface area contributed by atoms with Crippen molar-refractivity contribution in [3.63, 3.8) is 0 Å². The maximum Gasteiger partial charge on any atom is 0.306 e. The fourth-order valence-electron chi connectivity index (χ4n) is 2.47. The van der Waals surface area contributed by atoms with Gasteiger partial charge >= 0.3 is 5.97 Å². The molecule has 0 bridgehead atoms. The third-order valence-electron chi connectivity index (χ3n) is 3.82. The number of ether oxygens (including phenoxy) is 1. The van der Waals surface area contributed by atoms with Gasteiger partial charge in [0.15, 0.2) is 0 Å². The number of nitrogens with zero attached hydrogens (tertiary/aromatic N) is 1. The second-order valence-electron chi connectivity index (χ2n) is 5.34. The number of hydrogen-bond donors (Lipinski definition) is 1. The maximum atomic E-state index is 11.9. The number of esters is 1. The molecule has 1 aliphatic carbocycles. The van der Waals surface area contributed by atoms with Gasteiger partial charge in [-0.05, 0) is 18.8 Å². The molecule has 1 aliphatic rings. The zero-order valence-corrected chi connectivity index (χ0v) is 13.2. The first kappa shape index (κ1) is 17.4. The molecule has 1 fully saturated rings. The van der Waals surface area contributed by atoms with Crippen molar-refractivity contribution in [2.45, 2.75) is 44.9 Å². The van der Waals surface area contributed by atoms with Crippen molar-refractivity contribution in [1.82, 2.24) is 9.03 Å². The van der Waals surface area contributed by atoms with Crippen molar-refractivity contribution in [3.8, 4) is 0 Å². The minimum Gasteiger partial charge on any atom is -0.469 e. The van der Waals surface area contributed by atoms with E-state index in [1.54, 1.807) is 0 Å². The van der Waals surface area contributed by atoms with E-state index in [-0.39, 0.29) is 13.0 Å². The van der Waals surface area contributed by atoms with Gasteiger partial charge in [-0.2, -0.15) is 12.7 Å². The van der Waals surface area contributed by atoms with Gasteiger partial charge in [0.05, 0.1) is 13.5 Å². The highest BCUT2D eigenvalue weighted by atomic mass is 32.2. The molecular weight excluding hydrogens is 280 g/mol. The van der Waals surface area contributed by atoms with Crippen LogP contribution >= 0.6 is 0 Å². The Morgan fingerprint density at radius 2 is 2.00 bits per heavy atom. The number of methoxy groups -OCH3 is 1. The first-order valence-corrected chi connectivity index (χ1v) is 8.67. The summed E-state index contributed by atoms with van der Waals surface area (Å²) in [6.07, 6.45) is 7.22. The highest BCUT2D eigenvalue weighted by Crippen LogP contribution is 2.28. The second kappa shape index (κ2) is 8.59. The van der Waals surface area contributed by atoms with E-state index in [1.165, 1.54) is 39.8 Å². The topological polar surface area (TPSA) is 75.7 Å². The Kier molecular flexibility index (Phi) is 7.47. The summed E-state index contributed by atoms with van der Waals surface area (Å²) in [4.78, 5) is 11.0. The number of nitrogens with one attached hydrogen (secondary N) is 1. The SMILES string of the molecule is COC(=O)CCN(C)S(=O)(=O)NCCCC1CCCC1. The average molecular weight is 306 g/mol. The minimum atomic E-state index is -3.48. The summed E-state index contributed by atoms with van der Waals surface area (Å²) in [7, 11) is -0.734. The largest absolute Gasteiger partial charge is 0.469 e. The highest BCUT2D eigenvalue weighted by Gasteiger charge is 2.19. The van der Waals surface area contributed by atoms with E-state index in [0.29, 0.717) is 6.54 Å². The summed E-state index contributed by atoms with van der Waals surface area (Å²) in [5, 5.41) is 0. The van der Waals surface area contributed by atoms with Gasteiger partial charge in [-0.25, -0.2) is 4.72 Å². The van der Waals surface area contributed by atoms with Crippen LogP contribution < -0.4 is 4.72 Å². The molecule has 0 amide bonds. The third-order valence-corrected chi connectivity index (χ3v) is 5.39. The lowest BCUT2D eigenvalue weighted by atomic mass is 10.0. The van der Waals surface area contributed by atoms with Gasteiger partial charge < -0.3 is 4.74 Å². The van der Waals surface area contributed by atoms with Gasteiger partial charge in [-0.15, -0.1) is 0 Å². The van der Waals surface area contributed by atoms with Crippen molar-refractivity contribution in [2.75, 3.05) is 27.2 Å². The highest BCUT2D eigenvalue weighted by molar-refractivity contribution is 7.87. The summed E-state index contributed by atoms with van der Waals surface area (Å²) in [5.74, 6) is 0.366. The molecular formula is C13H26N2O4S. The first-order chi connectivity index (χ1) is 9.45. The van der Waals surface area contributed by atoms with E-state index in [4.69, 9.17) is 0 Å². The number of carbonyl (C=O) groups excluding carboxylic acids is 1. The summed E-state index contributed by atoms with van der Waals surface area (Å²) in [6, 6.07) is 0. The van der Waals surface area contributed by atoms with E-state index in [9.17, 15) is 13.2 Å². The number of carbonyl (C=O) groups is 1. The Bertz CT molecular complexity index is 391. The predicted octanol–water partition coefficient (Wildman–Crippen LogP) is 1.29. The molecule has 0 heterocycles. The standard InChI is InChI=1S/C13H26N2O4S/c1-15(11-9-13(16)19-2)20(17,18)14-10-5-8-12-6-3-4-7-12/h12,14H,3-11H2,1-2H3. The van der Waals surface area contributed by atoms with E-state index in [2.05, 4.69) is 9.46 Å². The van der Waals surface area contributed by atoms with Gasteiger partial charge in [0.2, 0.25) is 0 Å². The van der Waals surface area contributed by atoms with E-state index >= 15 is 0 Å². The molecule has 6 nitrogen and oxygen atoms in total. The van der Waals surface area contributed by atoms with E-state index < -0.39 is 16.2 Å². The molecule has 1 N–H and O–H groups in total. The number of hydrogen-bond acceptors (Lipinski definition) is 4. The van der Waals surface area contributed by atoms with Crippen molar-refractivity contribution in [3.05, 3.63) is 0 Å². The van der Waals surface area contributed by atoms with Gasteiger partial charge in [-0.3, -0.25) is 4.79 Å². The van der Waals surface area contributed by atoms with Gasteiger partial charge in [0.25, 0.3) is 10.2 Å². The fraction of sp³-hybridized carbons (Fsp3) is 0.923. The lowest BCUT2D eigenvalue weighted by Gasteiger charge is -2.17. The smallest absolute Gasteiger partial charge is 0.306 e. The lowest BCUT2D eigenvalue weighted by molar-refractivity contribution is -0.140. The number of rotatable bonds is 9. The second-order valence-corrected chi connectivity index (χ2v) is 7.20. The van der Waals surface area contributed by atoms with Crippen LogP contribution in [0.3, 0.4) is 0 Å². The van der Waals surface area contributed by atoms with Crippen molar-refractivity contribution in [2.24, 2.45) is 5.92 Å². The molecule has 0 aliphatic heterocycles. The monoisotopic (exact) mass is 306 g/mol. The summed E-state index contributed by atoms with van der Waals surface area (Å²) >= 11 is 0. The van der Waals surface area contributed by atoms with Crippen LogP contribution in [-0.2, 0) is 19.7 Å². The van der Waals surface area contributed by atoms with Crippen LogP contribution in [0.2, 0.25) is 0 Å². The molecule has 0 saturated heterocycles. The molecule has 0 aromatic heterocycles. The maximum absolute atomic E-state index is 11.9. The van der Waals surface area contributed by atoms with E-state index in [0.717, 1.165) is 23.1 Å². The normalized spacial score (nSPS) is 16.8. The Morgan fingerprint density at radius 1 is 1.35 bits per heavy atom. The average Bonchev–Trinajstić information content (AvgIpc) is 2.93. The summed E-state index contributed by atoms with van der Waals surface area (Å²) in [5.41, 5.74) is 0. The van der Waals surface area contributed by atoms with Crippen LogP contribution in [-0.4, -0.2) is 45.9 Å². The van der Waals surface area contributed by atoms with Gasteiger partial charge in [0, 0.05) is 20.1 Å². The molecule has 0 aromatic rings. The molecule has 0 unspecified atom stereocenters. The Balaban J connectivity index is 2.20. The zero-order chi connectivity index (χ0) is 15.0. The molecule has 0 aromatic carbocycles. The summed E-state index contributed by atoms with van der Waals surface area (Å²) < 4.78 is 32.0. The summed E-state index contributed by atoms with van der Waals surface area (Å²) in [6.45, 7) is 0.589. The quantitative estimate of drug-likeness (QED) is 0.514. The van der Waals surface area contributed by atoms with Crippen LogP contribution in [0.5, 0.6) is 0 Å². The molecule has 0 atom stereocenters. The minimum absolute atomic E-state index is 0.0655. The molecule has 7 heteroatoms. The van der Waals surface area contributed by atoms with Crippen LogP contribution in [0.15, 0.2) is 0 Å². The Morgan fingerprint density at radius 3 is 2.60 bits per heavy atom. The van der Waals surface area contributed by atoms with Crippen molar-refractivity contribution >= 4 is 16.2 Å². The van der Waals surface area contributed by atoms with Crippen LogP contribution in [0.1, 0.15) is 44.9 Å². The molecule has 1 rings (SSSR count).